The molecular formula is C10H13O. The molecule has 0 amide bonds. The van der Waals surface area contributed by atoms with Gasteiger partial charge in [-0.2, -0.15) is 0 Å². The molecule has 1 aromatic rings. The van der Waals surface area contributed by atoms with Crippen molar-refractivity contribution in [1.29, 1.82) is 0 Å². The molecule has 1 aromatic carbocycles. The standard InChI is InChI=1S/C10H13O/c1-3-8-11-10-6-4-9(2)5-7-10/h4-7H,2-3,8H2,1H3. The first-order valence-electron chi connectivity index (χ1n) is 3.87. The molecule has 0 spiro atoms. The first-order chi connectivity index (χ1) is 5.33. The SMILES string of the molecule is [CH2]c1ccc(OCCC)cc1. The molecule has 0 aliphatic carbocycles. The Balaban J connectivity index is 2.52. The van der Waals surface area contributed by atoms with Crippen molar-refractivity contribution in [3.05, 3.63) is 36.8 Å². The van der Waals surface area contributed by atoms with Crippen LogP contribution in [0.5, 0.6) is 5.75 Å². The maximum atomic E-state index is 5.38. The van der Waals surface area contributed by atoms with Crippen LogP contribution < -0.4 is 4.74 Å². The zero-order valence-electron chi connectivity index (χ0n) is 6.84. The van der Waals surface area contributed by atoms with Gasteiger partial charge in [0.05, 0.1) is 6.61 Å². The number of benzene rings is 1. The Kier molecular flexibility index (Phi) is 2.96. The van der Waals surface area contributed by atoms with Crippen molar-refractivity contribution in [2.45, 2.75) is 13.3 Å². The van der Waals surface area contributed by atoms with Crippen LogP contribution in [0.4, 0.5) is 0 Å². The van der Waals surface area contributed by atoms with Crippen LogP contribution in [0.2, 0.25) is 0 Å². The van der Waals surface area contributed by atoms with E-state index >= 15 is 0 Å². The first kappa shape index (κ1) is 8.12. The van der Waals surface area contributed by atoms with Gasteiger partial charge in [-0.1, -0.05) is 19.1 Å². The first-order valence-corrected chi connectivity index (χ1v) is 3.87. The molecule has 0 atom stereocenters. The van der Waals surface area contributed by atoms with Gasteiger partial charge in [0.2, 0.25) is 0 Å². The molecule has 0 saturated carbocycles. The molecular weight excluding hydrogens is 136 g/mol. The molecule has 0 heterocycles. The molecule has 0 aliphatic heterocycles. The Morgan fingerprint density at radius 1 is 1.27 bits per heavy atom. The molecule has 1 nitrogen and oxygen atoms in total. The predicted molar refractivity (Wildman–Crippen MR) is 46.7 cm³/mol. The number of hydrogen-bond acceptors (Lipinski definition) is 1. The van der Waals surface area contributed by atoms with Gasteiger partial charge in [0.1, 0.15) is 5.75 Å². The Labute approximate surface area is 68.0 Å². The summed E-state index contributed by atoms with van der Waals surface area (Å²) in [5, 5.41) is 0. The second-order valence-corrected chi connectivity index (χ2v) is 2.49. The molecule has 1 rings (SSSR count). The minimum atomic E-state index is 0.788. The number of rotatable bonds is 3. The third kappa shape index (κ3) is 2.62. The van der Waals surface area contributed by atoms with E-state index in [-0.39, 0.29) is 0 Å². The van der Waals surface area contributed by atoms with Crippen LogP contribution in [0.3, 0.4) is 0 Å². The Bertz CT molecular complexity index is 201. The lowest BCUT2D eigenvalue weighted by Crippen LogP contribution is -1.94. The van der Waals surface area contributed by atoms with Gasteiger partial charge in [0.25, 0.3) is 0 Å². The van der Waals surface area contributed by atoms with E-state index in [1.807, 2.05) is 24.3 Å². The molecule has 11 heavy (non-hydrogen) atoms. The molecule has 0 fully saturated rings. The van der Waals surface area contributed by atoms with E-state index in [2.05, 4.69) is 13.8 Å². The highest BCUT2D eigenvalue weighted by molar-refractivity contribution is 5.28. The van der Waals surface area contributed by atoms with Crippen LogP contribution >= 0.6 is 0 Å². The largest absolute Gasteiger partial charge is 0.494 e. The summed E-state index contributed by atoms with van der Waals surface area (Å²) < 4.78 is 5.38. The third-order valence-corrected chi connectivity index (χ3v) is 1.40. The summed E-state index contributed by atoms with van der Waals surface area (Å²) in [4.78, 5) is 0. The Hall–Kier alpha value is -0.980. The molecule has 0 saturated heterocycles. The van der Waals surface area contributed by atoms with Crippen molar-refractivity contribution in [3.8, 4) is 5.75 Å². The lowest BCUT2D eigenvalue weighted by Gasteiger charge is -2.03. The van der Waals surface area contributed by atoms with Crippen LogP contribution in [-0.2, 0) is 0 Å². The smallest absolute Gasteiger partial charge is 0.119 e. The highest BCUT2D eigenvalue weighted by Gasteiger charge is 1.89. The topological polar surface area (TPSA) is 9.23 Å². The van der Waals surface area contributed by atoms with E-state index in [9.17, 15) is 0 Å². The van der Waals surface area contributed by atoms with E-state index in [1.54, 1.807) is 0 Å². The van der Waals surface area contributed by atoms with E-state index in [4.69, 9.17) is 4.74 Å². The van der Waals surface area contributed by atoms with Gasteiger partial charge in [0, 0.05) is 0 Å². The highest BCUT2D eigenvalue weighted by atomic mass is 16.5. The summed E-state index contributed by atoms with van der Waals surface area (Å²) in [6.07, 6.45) is 1.05. The van der Waals surface area contributed by atoms with Gasteiger partial charge >= 0.3 is 0 Å². The van der Waals surface area contributed by atoms with E-state index in [0.29, 0.717) is 0 Å². The van der Waals surface area contributed by atoms with Crippen LogP contribution in [-0.4, -0.2) is 6.61 Å². The summed E-state index contributed by atoms with van der Waals surface area (Å²) in [5.74, 6) is 0.930. The Morgan fingerprint density at radius 3 is 2.45 bits per heavy atom. The van der Waals surface area contributed by atoms with Crippen LogP contribution in [0, 0.1) is 6.92 Å². The fraction of sp³-hybridized carbons (Fsp3) is 0.300. The average molecular weight is 149 g/mol. The molecule has 0 bridgehead atoms. The summed E-state index contributed by atoms with van der Waals surface area (Å²) in [6.45, 7) is 6.67. The van der Waals surface area contributed by atoms with E-state index in [0.717, 1.165) is 24.3 Å². The summed E-state index contributed by atoms with van der Waals surface area (Å²) >= 11 is 0. The molecule has 1 radical (unpaired) electrons. The third-order valence-electron chi connectivity index (χ3n) is 1.40. The zero-order valence-corrected chi connectivity index (χ0v) is 6.84. The second kappa shape index (κ2) is 4.02. The quantitative estimate of drug-likeness (QED) is 0.642. The molecule has 59 valence electrons. The minimum Gasteiger partial charge on any atom is -0.494 e. The second-order valence-electron chi connectivity index (χ2n) is 2.49. The van der Waals surface area contributed by atoms with Crippen molar-refractivity contribution < 1.29 is 4.74 Å². The average Bonchev–Trinajstić information content (AvgIpc) is 2.04. The summed E-state index contributed by atoms with van der Waals surface area (Å²) in [7, 11) is 0. The van der Waals surface area contributed by atoms with Gasteiger partial charge in [-0.05, 0) is 31.0 Å². The molecule has 0 unspecified atom stereocenters. The van der Waals surface area contributed by atoms with Gasteiger partial charge < -0.3 is 4.74 Å². The molecule has 0 aliphatic rings. The van der Waals surface area contributed by atoms with Gasteiger partial charge in [-0.3, -0.25) is 0 Å². The normalized spacial score (nSPS) is 9.64. The van der Waals surface area contributed by atoms with Crippen LogP contribution in [0.15, 0.2) is 24.3 Å². The van der Waals surface area contributed by atoms with E-state index in [1.165, 1.54) is 0 Å². The fourth-order valence-electron chi connectivity index (χ4n) is 0.806. The van der Waals surface area contributed by atoms with Gasteiger partial charge in [-0.25, -0.2) is 0 Å². The zero-order chi connectivity index (χ0) is 8.10. The number of ether oxygens (including phenoxy) is 1. The van der Waals surface area contributed by atoms with Crippen molar-refractivity contribution in [1.82, 2.24) is 0 Å². The van der Waals surface area contributed by atoms with Crippen molar-refractivity contribution >= 4 is 0 Å². The van der Waals surface area contributed by atoms with Crippen molar-refractivity contribution in [3.63, 3.8) is 0 Å². The van der Waals surface area contributed by atoms with Crippen molar-refractivity contribution in [2.24, 2.45) is 0 Å². The van der Waals surface area contributed by atoms with Gasteiger partial charge in [0.15, 0.2) is 0 Å². The van der Waals surface area contributed by atoms with Crippen LogP contribution in [0.1, 0.15) is 18.9 Å². The maximum Gasteiger partial charge on any atom is 0.119 e. The molecule has 0 N–H and O–H groups in total. The molecule has 0 aromatic heterocycles. The fourth-order valence-corrected chi connectivity index (χ4v) is 0.806. The lowest BCUT2D eigenvalue weighted by atomic mass is 10.2. The Morgan fingerprint density at radius 2 is 1.91 bits per heavy atom. The van der Waals surface area contributed by atoms with Gasteiger partial charge in [-0.15, -0.1) is 0 Å². The minimum absolute atomic E-state index is 0.788. The monoisotopic (exact) mass is 149 g/mol. The summed E-state index contributed by atoms with van der Waals surface area (Å²) in [5.41, 5.74) is 1.02. The summed E-state index contributed by atoms with van der Waals surface area (Å²) in [6, 6.07) is 7.78. The van der Waals surface area contributed by atoms with E-state index < -0.39 is 0 Å². The predicted octanol–water partition coefficient (Wildman–Crippen LogP) is 2.66. The maximum absolute atomic E-state index is 5.38. The van der Waals surface area contributed by atoms with Crippen LogP contribution in [0.25, 0.3) is 0 Å². The lowest BCUT2D eigenvalue weighted by molar-refractivity contribution is 0.317. The number of hydrogen-bond donors (Lipinski definition) is 0. The highest BCUT2D eigenvalue weighted by Crippen LogP contribution is 2.11. The molecule has 1 heteroatoms. The van der Waals surface area contributed by atoms with Crippen molar-refractivity contribution in [2.75, 3.05) is 6.61 Å².